The highest BCUT2D eigenvalue weighted by atomic mass is 35.5. The number of nitrogens with zero attached hydrogens (tertiary/aromatic N) is 2. The van der Waals surface area contributed by atoms with E-state index < -0.39 is 15.8 Å². The standard InChI is InChI=1S/C20H20ClFN2O3S/c21-18-6-2-7-19(22)17(18)13-23(15-8-9-15)20(25)14-4-1-5-16(12-14)24-10-3-11-28(24,26)27/h1-2,4-7,12,15H,3,8-11,13H2. The molecule has 8 heteroatoms. The summed E-state index contributed by atoms with van der Waals surface area (Å²) in [5.41, 5.74) is 1.17. The molecule has 0 N–H and O–H groups in total. The second kappa shape index (κ2) is 7.37. The normalized spacial score (nSPS) is 18.3. The second-order valence-electron chi connectivity index (χ2n) is 7.16. The zero-order valence-corrected chi connectivity index (χ0v) is 16.7. The summed E-state index contributed by atoms with van der Waals surface area (Å²) in [4.78, 5) is 14.8. The third-order valence-electron chi connectivity index (χ3n) is 5.12. The fraction of sp³-hybridized carbons (Fsp3) is 0.350. The fourth-order valence-corrected chi connectivity index (χ4v) is 5.28. The first-order chi connectivity index (χ1) is 13.4. The van der Waals surface area contributed by atoms with E-state index in [1.165, 1.54) is 16.4 Å². The predicted molar refractivity (Wildman–Crippen MR) is 106 cm³/mol. The molecule has 0 spiro atoms. The average Bonchev–Trinajstić information content (AvgIpc) is 3.43. The van der Waals surface area contributed by atoms with Crippen molar-refractivity contribution in [2.45, 2.75) is 31.8 Å². The Hall–Kier alpha value is -2.12. The molecule has 1 heterocycles. The largest absolute Gasteiger partial charge is 0.331 e. The van der Waals surface area contributed by atoms with Crippen LogP contribution in [0.4, 0.5) is 10.1 Å². The molecule has 1 amide bonds. The minimum absolute atomic E-state index is 0.0438. The molecule has 0 aromatic heterocycles. The average molecular weight is 423 g/mol. The van der Waals surface area contributed by atoms with E-state index in [2.05, 4.69) is 0 Å². The lowest BCUT2D eigenvalue weighted by molar-refractivity contribution is 0.0728. The molecular formula is C20H20ClFN2O3S. The van der Waals surface area contributed by atoms with Crippen LogP contribution in [0.5, 0.6) is 0 Å². The number of rotatable bonds is 5. The Balaban J connectivity index is 1.63. The first-order valence-electron chi connectivity index (χ1n) is 9.21. The molecule has 1 aliphatic heterocycles. The molecule has 2 aliphatic rings. The molecule has 0 radical (unpaired) electrons. The zero-order chi connectivity index (χ0) is 19.9. The lowest BCUT2D eigenvalue weighted by atomic mass is 10.1. The van der Waals surface area contributed by atoms with Crippen molar-refractivity contribution >= 4 is 33.2 Å². The number of hydrogen-bond acceptors (Lipinski definition) is 3. The number of carbonyl (C=O) groups excluding carboxylic acids is 1. The molecule has 28 heavy (non-hydrogen) atoms. The van der Waals surface area contributed by atoms with Crippen LogP contribution >= 0.6 is 11.6 Å². The predicted octanol–water partition coefficient (Wildman–Crippen LogP) is 3.82. The van der Waals surface area contributed by atoms with Gasteiger partial charge in [-0.2, -0.15) is 0 Å². The van der Waals surface area contributed by atoms with E-state index in [1.807, 2.05) is 0 Å². The topological polar surface area (TPSA) is 57.7 Å². The van der Waals surface area contributed by atoms with Crippen molar-refractivity contribution in [2.75, 3.05) is 16.6 Å². The summed E-state index contributed by atoms with van der Waals surface area (Å²) in [6, 6.07) is 11.1. The quantitative estimate of drug-likeness (QED) is 0.735. The molecule has 148 valence electrons. The molecule has 5 nitrogen and oxygen atoms in total. The molecule has 2 aromatic rings. The van der Waals surface area contributed by atoms with E-state index in [9.17, 15) is 17.6 Å². The van der Waals surface area contributed by atoms with Gasteiger partial charge in [0.2, 0.25) is 10.0 Å². The van der Waals surface area contributed by atoms with E-state index in [-0.39, 0.29) is 29.3 Å². The number of anilines is 1. The Kier molecular flexibility index (Phi) is 5.05. The summed E-state index contributed by atoms with van der Waals surface area (Å²) in [5, 5.41) is 0.287. The summed E-state index contributed by atoms with van der Waals surface area (Å²) in [5.74, 6) is -0.575. The first kappa shape index (κ1) is 19.2. The Morgan fingerprint density at radius 2 is 1.96 bits per heavy atom. The smallest absolute Gasteiger partial charge is 0.254 e. The Morgan fingerprint density at radius 3 is 2.61 bits per heavy atom. The maximum Gasteiger partial charge on any atom is 0.254 e. The van der Waals surface area contributed by atoms with Crippen LogP contribution in [0.1, 0.15) is 35.2 Å². The van der Waals surface area contributed by atoms with Gasteiger partial charge in [-0.05, 0) is 49.6 Å². The monoisotopic (exact) mass is 422 g/mol. The number of carbonyl (C=O) groups is 1. The van der Waals surface area contributed by atoms with Crippen molar-refractivity contribution in [1.29, 1.82) is 0 Å². The van der Waals surface area contributed by atoms with Crippen LogP contribution in [0.2, 0.25) is 5.02 Å². The van der Waals surface area contributed by atoms with E-state index >= 15 is 0 Å². The highest BCUT2D eigenvalue weighted by molar-refractivity contribution is 7.93. The number of hydrogen-bond donors (Lipinski definition) is 0. The van der Waals surface area contributed by atoms with Gasteiger partial charge in [-0.15, -0.1) is 0 Å². The SMILES string of the molecule is O=C(c1cccc(N2CCCS2(=O)=O)c1)N(Cc1c(F)cccc1Cl)C1CC1. The van der Waals surface area contributed by atoms with Crippen LogP contribution in [0, 0.1) is 5.82 Å². The minimum atomic E-state index is -3.33. The van der Waals surface area contributed by atoms with Gasteiger partial charge in [0.25, 0.3) is 5.91 Å². The molecule has 0 atom stereocenters. The molecule has 2 fully saturated rings. The van der Waals surface area contributed by atoms with Crippen LogP contribution in [0.25, 0.3) is 0 Å². The molecule has 4 rings (SSSR count). The van der Waals surface area contributed by atoms with Gasteiger partial charge in [-0.1, -0.05) is 23.7 Å². The third kappa shape index (κ3) is 3.73. The summed E-state index contributed by atoms with van der Waals surface area (Å²) >= 11 is 6.14. The highest BCUT2D eigenvalue weighted by Gasteiger charge is 2.35. The van der Waals surface area contributed by atoms with E-state index in [0.29, 0.717) is 29.8 Å². The lowest BCUT2D eigenvalue weighted by Gasteiger charge is -2.24. The summed E-state index contributed by atoms with van der Waals surface area (Å²) < 4.78 is 39.9. The summed E-state index contributed by atoms with van der Waals surface area (Å²) in [6.45, 7) is 0.498. The molecule has 1 aliphatic carbocycles. The van der Waals surface area contributed by atoms with Gasteiger partial charge < -0.3 is 4.90 Å². The van der Waals surface area contributed by atoms with Gasteiger partial charge in [0.1, 0.15) is 5.82 Å². The van der Waals surface area contributed by atoms with Gasteiger partial charge in [0.05, 0.1) is 18.0 Å². The number of benzene rings is 2. The van der Waals surface area contributed by atoms with Gasteiger partial charge in [-0.25, -0.2) is 12.8 Å². The maximum absolute atomic E-state index is 14.2. The van der Waals surface area contributed by atoms with Crippen molar-refractivity contribution in [2.24, 2.45) is 0 Å². The van der Waals surface area contributed by atoms with Crippen LogP contribution < -0.4 is 4.31 Å². The van der Waals surface area contributed by atoms with E-state index in [4.69, 9.17) is 11.6 Å². The first-order valence-corrected chi connectivity index (χ1v) is 11.2. The minimum Gasteiger partial charge on any atom is -0.331 e. The molecule has 2 aromatic carbocycles. The van der Waals surface area contributed by atoms with Crippen LogP contribution in [0.3, 0.4) is 0 Å². The van der Waals surface area contributed by atoms with Crippen molar-refractivity contribution in [3.05, 3.63) is 64.4 Å². The zero-order valence-electron chi connectivity index (χ0n) is 15.1. The molecule has 1 saturated carbocycles. The third-order valence-corrected chi connectivity index (χ3v) is 7.34. The molecule has 0 unspecified atom stereocenters. The second-order valence-corrected chi connectivity index (χ2v) is 9.58. The van der Waals surface area contributed by atoms with E-state index in [1.54, 1.807) is 35.2 Å². The van der Waals surface area contributed by atoms with Gasteiger partial charge >= 0.3 is 0 Å². The maximum atomic E-state index is 14.2. The van der Waals surface area contributed by atoms with Gasteiger partial charge in [0, 0.05) is 28.7 Å². The van der Waals surface area contributed by atoms with Crippen molar-refractivity contribution in [3.8, 4) is 0 Å². The Morgan fingerprint density at radius 1 is 1.21 bits per heavy atom. The summed E-state index contributed by atoms with van der Waals surface area (Å²) in [6.07, 6.45) is 2.29. The Labute approximate surface area is 168 Å². The van der Waals surface area contributed by atoms with Crippen LogP contribution in [-0.4, -0.2) is 37.6 Å². The van der Waals surface area contributed by atoms with Gasteiger partial charge in [-0.3, -0.25) is 9.10 Å². The van der Waals surface area contributed by atoms with Crippen LogP contribution in [0.15, 0.2) is 42.5 Å². The fourth-order valence-electron chi connectivity index (χ4n) is 3.50. The van der Waals surface area contributed by atoms with Crippen molar-refractivity contribution in [1.82, 2.24) is 4.90 Å². The molecule has 0 bridgehead atoms. The number of amides is 1. The van der Waals surface area contributed by atoms with Crippen molar-refractivity contribution in [3.63, 3.8) is 0 Å². The molecule has 1 saturated heterocycles. The number of halogens is 2. The lowest BCUT2D eigenvalue weighted by Crippen LogP contribution is -2.33. The van der Waals surface area contributed by atoms with E-state index in [0.717, 1.165) is 12.8 Å². The van der Waals surface area contributed by atoms with Gasteiger partial charge in [0.15, 0.2) is 0 Å². The highest BCUT2D eigenvalue weighted by Crippen LogP contribution is 2.33. The van der Waals surface area contributed by atoms with Crippen LogP contribution in [-0.2, 0) is 16.6 Å². The number of sulfonamides is 1. The Bertz CT molecular complexity index is 1000. The summed E-state index contributed by atoms with van der Waals surface area (Å²) in [7, 11) is -3.33. The van der Waals surface area contributed by atoms with Crippen molar-refractivity contribution < 1.29 is 17.6 Å². The molecular weight excluding hydrogens is 403 g/mol.